The molecule has 1 aromatic heterocycles. The van der Waals surface area contributed by atoms with Crippen LogP contribution in [-0.2, 0) is 18.9 Å². The molecule has 0 saturated heterocycles. The Bertz CT molecular complexity index is 535. The maximum Gasteiger partial charge on any atom is 0.273 e. The average Bonchev–Trinajstić information content (AvgIpc) is 2.83. The van der Waals surface area contributed by atoms with Gasteiger partial charge in [0, 0.05) is 18.9 Å². The fraction of sp³-hybridized carbons (Fsp3) is 0.250. The molecule has 0 unspecified atom stereocenters. The third kappa shape index (κ3) is 3.16. The highest BCUT2D eigenvalue weighted by Gasteiger charge is 2.08. The Kier molecular flexibility index (Phi) is 4.09. The predicted molar refractivity (Wildman–Crippen MR) is 71.2 cm³/mol. The van der Waals surface area contributed by atoms with E-state index in [4.69, 9.17) is 0 Å². The van der Waals surface area contributed by atoms with Gasteiger partial charge in [0.2, 0.25) is 0 Å². The van der Waals surface area contributed by atoms with Gasteiger partial charge in [-0.15, -0.1) is 5.10 Å². The van der Waals surface area contributed by atoms with E-state index in [0.29, 0.717) is 12.2 Å². The number of rotatable bonds is 4. The standard InChI is InChI=1S/C12H13BrN4O/c1-17-8-11(15-16-17)12(18)14-7-10-4-2-9(6-13)3-5-10/h2-5,8H,6-7H2,1H3,(H,14,18). The number of hydrogen-bond acceptors (Lipinski definition) is 3. The Morgan fingerprint density at radius 1 is 1.33 bits per heavy atom. The number of amides is 1. The highest BCUT2D eigenvalue weighted by Crippen LogP contribution is 2.07. The number of carbonyl (C=O) groups is 1. The largest absolute Gasteiger partial charge is 0.347 e. The average molecular weight is 309 g/mol. The number of nitrogens with zero attached hydrogens (tertiary/aromatic N) is 3. The van der Waals surface area contributed by atoms with Gasteiger partial charge in [0.1, 0.15) is 0 Å². The van der Waals surface area contributed by atoms with Crippen LogP contribution in [0.5, 0.6) is 0 Å². The molecule has 0 radical (unpaired) electrons. The van der Waals surface area contributed by atoms with Crippen molar-refractivity contribution >= 4 is 21.8 Å². The lowest BCUT2D eigenvalue weighted by molar-refractivity contribution is 0.0946. The normalized spacial score (nSPS) is 10.3. The molecule has 0 spiro atoms. The zero-order valence-electron chi connectivity index (χ0n) is 9.93. The first-order valence-corrected chi connectivity index (χ1v) is 6.59. The van der Waals surface area contributed by atoms with Crippen molar-refractivity contribution in [3.63, 3.8) is 0 Å². The Labute approximate surface area is 113 Å². The summed E-state index contributed by atoms with van der Waals surface area (Å²) in [4.78, 5) is 11.7. The van der Waals surface area contributed by atoms with Crippen molar-refractivity contribution in [1.82, 2.24) is 20.3 Å². The van der Waals surface area contributed by atoms with Crippen LogP contribution in [0.15, 0.2) is 30.5 Å². The van der Waals surface area contributed by atoms with Crippen molar-refractivity contribution in [1.29, 1.82) is 0 Å². The lowest BCUT2D eigenvalue weighted by Gasteiger charge is -2.04. The number of alkyl halides is 1. The van der Waals surface area contributed by atoms with E-state index >= 15 is 0 Å². The summed E-state index contributed by atoms with van der Waals surface area (Å²) in [6, 6.07) is 8.04. The molecule has 0 saturated carbocycles. The van der Waals surface area contributed by atoms with Gasteiger partial charge in [-0.2, -0.15) is 0 Å². The third-order valence-electron chi connectivity index (χ3n) is 2.47. The molecule has 5 nitrogen and oxygen atoms in total. The molecule has 1 N–H and O–H groups in total. The van der Waals surface area contributed by atoms with Crippen molar-refractivity contribution in [2.75, 3.05) is 0 Å². The minimum absolute atomic E-state index is 0.215. The first kappa shape index (κ1) is 12.8. The van der Waals surface area contributed by atoms with Gasteiger partial charge in [-0.1, -0.05) is 45.4 Å². The Balaban J connectivity index is 1.92. The van der Waals surface area contributed by atoms with Gasteiger partial charge in [-0.25, -0.2) is 0 Å². The number of carbonyl (C=O) groups excluding carboxylic acids is 1. The molecule has 1 amide bonds. The minimum Gasteiger partial charge on any atom is -0.347 e. The number of halogens is 1. The predicted octanol–water partition coefficient (Wildman–Crippen LogP) is 1.64. The van der Waals surface area contributed by atoms with Crippen LogP contribution in [0.25, 0.3) is 0 Å². The molecule has 1 heterocycles. The Hall–Kier alpha value is -1.69. The molecular weight excluding hydrogens is 296 g/mol. The van der Waals surface area contributed by atoms with E-state index in [1.165, 1.54) is 10.2 Å². The van der Waals surface area contributed by atoms with E-state index in [2.05, 4.69) is 31.6 Å². The van der Waals surface area contributed by atoms with Crippen LogP contribution < -0.4 is 5.32 Å². The number of benzene rings is 1. The van der Waals surface area contributed by atoms with Gasteiger partial charge in [0.05, 0.1) is 6.20 Å². The third-order valence-corrected chi connectivity index (χ3v) is 3.11. The second kappa shape index (κ2) is 5.77. The van der Waals surface area contributed by atoms with E-state index in [1.54, 1.807) is 13.2 Å². The summed E-state index contributed by atoms with van der Waals surface area (Å²) in [7, 11) is 1.72. The lowest BCUT2D eigenvalue weighted by Crippen LogP contribution is -2.23. The zero-order chi connectivity index (χ0) is 13.0. The Morgan fingerprint density at radius 3 is 2.56 bits per heavy atom. The van der Waals surface area contributed by atoms with Crippen molar-refractivity contribution < 1.29 is 4.79 Å². The van der Waals surface area contributed by atoms with Gasteiger partial charge in [-0.3, -0.25) is 9.48 Å². The van der Waals surface area contributed by atoms with Crippen LogP contribution in [0.1, 0.15) is 21.6 Å². The van der Waals surface area contributed by atoms with E-state index in [1.807, 2.05) is 24.3 Å². The van der Waals surface area contributed by atoms with Crippen LogP contribution >= 0.6 is 15.9 Å². The smallest absolute Gasteiger partial charge is 0.273 e. The van der Waals surface area contributed by atoms with Crippen LogP contribution in [0.4, 0.5) is 0 Å². The summed E-state index contributed by atoms with van der Waals surface area (Å²) >= 11 is 3.39. The van der Waals surface area contributed by atoms with Gasteiger partial charge in [0.25, 0.3) is 5.91 Å². The van der Waals surface area contributed by atoms with Crippen LogP contribution in [0.2, 0.25) is 0 Å². The first-order chi connectivity index (χ1) is 8.69. The molecule has 0 aliphatic carbocycles. The quantitative estimate of drug-likeness (QED) is 0.874. The summed E-state index contributed by atoms with van der Waals surface area (Å²) in [5.41, 5.74) is 2.59. The van der Waals surface area contributed by atoms with Crippen molar-refractivity contribution in [2.24, 2.45) is 7.05 Å². The number of aromatic nitrogens is 3. The molecule has 0 aliphatic heterocycles. The van der Waals surface area contributed by atoms with E-state index in [0.717, 1.165) is 10.9 Å². The molecule has 0 atom stereocenters. The summed E-state index contributed by atoms with van der Waals surface area (Å²) < 4.78 is 1.50. The summed E-state index contributed by atoms with van der Waals surface area (Å²) in [6.45, 7) is 0.484. The molecule has 6 heteroatoms. The monoisotopic (exact) mass is 308 g/mol. The van der Waals surface area contributed by atoms with E-state index in [9.17, 15) is 4.79 Å². The highest BCUT2D eigenvalue weighted by atomic mass is 79.9. The van der Waals surface area contributed by atoms with Crippen LogP contribution in [0.3, 0.4) is 0 Å². The minimum atomic E-state index is -0.215. The zero-order valence-corrected chi connectivity index (χ0v) is 11.5. The molecule has 2 aromatic rings. The van der Waals surface area contributed by atoms with Crippen LogP contribution in [0, 0.1) is 0 Å². The van der Waals surface area contributed by atoms with E-state index < -0.39 is 0 Å². The number of hydrogen-bond donors (Lipinski definition) is 1. The second-order valence-electron chi connectivity index (χ2n) is 3.91. The summed E-state index contributed by atoms with van der Waals surface area (Å²) in [6.07, 6.45) is 1.59. The number of nitrogens with one attached hydrogen (secondary N) is 1. The molecule has 94 valence electrons. The fourth-order valence-electron chi connectivity index (χ4n) is 1.47. The first-order valence-electron chi connectivity index (χ1n) is 5.47. The lowest BCUT2D eigenvalue weighted by atomic mass is 10.1. The Morgan fingerprint density at radius 2 is 2.00 bits per heavy atom. The van der Waals surface area contributed by atoms with Crippen molar-refractivity contribution in [3.8, 4) is 0 Å². The topological polar surface area (TPSA) is 59.8 Å². The van der Waals surface area contributed by atoms with E-state index in [-0.39, 0.29) is 5.91 Å². The van der Waals surface area contributed by atoms with Gasteiger partial charge in [0.15, 0.2) is 5.69 Å². The van der Waals surface area contributed by atoms with Crippen molar-refractivity contribution in [2.45, 2.75) is 11.9 Å². The van der Waals surface area contributed by atoms with Gasteiger partial charge < -0.3 is 5.32 Å². The molecule has 18 heavy (non-hydrogen) atoms. The highest BCUT2D eigenvalue weighted by molar-refractivity contribution is 9.08. The molecular formula is C12H13BrN4O. The molecule has 0 bridgehead atoms. The SMILES string of the molecule is Cn1cc(C(=O)NCc2ccc(CBr)cc2)nn1. The maximum absolute atomic E-state index is 11.7. The molecule has 2 rings (SSSR count). The number of aryl methyl sites for hydroxylation is 1. The fourth-order valence-corrected chi connectivity index (χ4v) is 1.84. The molecule has 0 fully saturated rings. The van der Waals surface area contributed by atoms with Crippen LogP contribution in [-0.4, -0.2) is 20.9 Å². The van der Waals surface area contributed by atoms with Gasteiger partial charge in [-0.05, 0) is 11.1 Å². The maximum atomic E-state index is 11.7. The second-order valence-corrected chi connectivity index (χ2v) is 4.47. The molecule has 0 aliphatic rings. The van der Waals surface area contributed by atoms with Crippen molar-refractivity contribution in [3.05, 3.63) is 47.3 Å². The van der Waals surface area contributed by atoms with Gasteiger partial charge >= 0.3 is 0 Å². The molecule has 1 aromatic carbocycles. The summed E-state index contributed by atoms with van der Waals surface area (Å²) in [5, 5.41) is 11.1. The summed E-state index contributed by atoms with van der Waals surface area (Å²) in [5.74, 6) is -0.215.